The third-order valence-corrected chi connectivity index (χ3v) is 3.95. The van der Waals surface area contributed by atoms with Crippen LogP contribution in [0.4, 0.5) is 0 Å². The van der Waals surface area contributed by atoms with Crippen LogP contribution in [0.1, 0.15) is 68.8 Å². The van der Waals surface area contributed by atoms with Crippen LogP contribution in [0.15, 0.2) is 29.3 Å². The Kier molecular flexibility index (Phi) is 8.68. The first-order chi connectivity index (χ1) is 11.3. The van der Waals surface area contributed by atoms with E-state index in [1.165, 1.54) is 19.3 Å². The fourth-order valence-electron chi connectivity index (χ4n) is 2.81. The van der Waals surface area contributed by atoms with E-state index in [2.05, 4.69) is 10.3 Å². The Balaban J connectivity index is 0.00000312. The number of nitrogens with two attached hydrogens (primary N) is 1. The first-order valence-electron chi connectivity index (χ1n) is 8.72. The highest BCUT2D eigenvalue weighted by Crippen LogP contribution is 2.17. The highest BCUT2D eigenvalue weighted by Gasteiger charge is 2.18. The summed E-state index contributed by atoms with van der Waals surface area (Å²) in [5.74, 6) is 0.159. The monoisotopic (exact) mass is 459 g/mol. The molecule has 1 aromatic rings. The molecule has 0 saturated heterocycles. The number of nitrogens with zero attached hydrogens (tertiary/aromatic N) is 1. The Hall–Kier alpha value is -1.31. The van der Waals surface area contributed by atoms with Crippen LogP contribution in [0.5, 0.6) is 0 Å². The number of halogens is 1. The minimum absolute atomic E-state index is 0. The summed E-state index contributed by atoms with van der Waals surface area (Å²) < 4.78 is 5.39. The second-order valence-electron chi connectivity index (χ2n) is 7.38. The van der Waals surface area contributed by atoms with E-state index in [1.54, 1.807) is 6.07 Å². The average Bonchev–Trinajstić information content (AvgIpc) is 2.53. The molecule has 1 aromatic carbocycles. The van der Waals surface area contributed by atoms with Crippen LogP contribution in [0.2, 0.25) is 0 Å². The lowest BCUT2D eigenvalue weighted by Gasteiger charge is -2.23. The van der Waals surface area contributed by atoms with Crippen molar-refractivity contribution >= 4 is 35.9 Å². The van der Waals surface area contributed by atoms with E-state index in [0.717, 1.165) is 18.4 Å². The highest BCUT2D eigenvalue weighted by molar-refractivity contribution is 14.0. The first kappa shape index (κ1) is 21.7. The smallest absolute Gasteiger partial charge is 0.338 e. The van der Waals surface area contributed by atoms with E-state index in [1.807, 2.05) is 39.0 Å². The molecule has 2 rings (SSSR count). The zero-order chi connectivity index (χ0) is 17.6. The largest absolute Gasteiger partial charge is 0.456 e. The van der Waals surface area contributed by atoms with Gasteiger partial charge >= 0.3 is 5.97 Å². The molecule has 0 atom stereocenters. The van der Waals surface area contributed by atoms with Crippen molar-refractivity contribution in [2.75, 3.05) is 0 Å². The third-order valence-electron chi connectivity index (χ3n) is 3.95. The number of hydrogen-bond acceptors (Lipinski definition) is 3. The molecule has 1 fully saturated rings. The van der Waals surface area contributed by atoms with E-state index in [0.29, 0.717) is 24.1 Å². The molecule has 0 heterocycles. The number of rotatable bonds is 4. The van der Waals surface area contributed by atoms with Gasteiger partial charge in [-0.1, -0.05) is 31.4 Å². The number of guanidine groups is 1. The topological polar surface area (TPSA) is 76.7 Å². The summed E-state index contributed by atoms with van der Waals surface area (Å²) in [6.45, 7) is 6.02. The third kappa shape index (κ3) is 8.07. The molecule has 0 unspecified atom stereocenters. The minimum atomic E-state index is -0.500. The number of hydrogen-bond donors (Lipinski definition) is 2. The number of esters is 1. The Bertz CT molecular complexity index is 591. The van der Waals surface area contributed by atoms with E-state index >= 15 is 0 Å². The summed E-state index contributed by atoms with van der Waals surface area (Å²) in [5.41, 5.74) is 6.96. The Labute approximate surface area is 167 Å². The molecular weight excluding hydrogens is 429 g/mol. The van der Waals surface area contributed by atoms with Crippen LogP contribution in [0.25, 0.3) is 0 Å². The summed E-state index contributed by atoms with van der Waals surface area (Å²) in [4.78, 5) is 16.5. The van der Waals surface area contributed by atoms with Gasteiger partial charge in [0.2, 0.25) is 0 Å². The molecule has 0 aromatic heterocycles. The van der Waals surface area contributed by atoms with Crippen molar-refractivity contribution in [2.24, 2.45) is 10.7 Å². The number of ether oxygens (including phenoxy) is 1. The molecule has 3 N–H and O–H groups in total. The minimum Gasteiger partial charge on any atom is -0.456 e. The van der Waals surface area contributed by atoms with Gasteiger partial charge in [-0.05, 0) is 51.3 Å². The van der Waals surface area contributed by atoms with Crippen LogP contribution in [0, 0.1) is 0 Å². The fraction of sp³-hybridized carbons (Fsp3) is 0.579. The van der Waals surface area contributed by atoms with Crippen molar-refractivity contribution in [3.63, 3.8) is 0 Å². The van der Waals surface area contributed by atoms with Gasteiger partial charge in [-0.25, -0.2) is 9.79 Å². The zero-order valence-electron chi connectivity index (χ0n) is 15.4. The number of aliphatic imine (C=N–C) groups is 1. The van der Waals surface area contributed by atoms with Gasteiger partial charge < -0.3 is 15.8 Å². The molecule has 0 spiro atoms. The van der Waals surface area contributed by atoms with Crippen molar-refractivity contribution < 1.29 is 9.53 Å². The predicted octanol–water partition coefficient (Wildman–Crippen LogP) is 4.00. The van der Waals surface area contributed by atoms with Gasteiger partial charge in [0, 0.05) is 6.04 Å². The number of carbonyl (C=O) groups excluding carboxylic acids is 1. The summed E-state index contributed by atoms with van der Waals surface area (Å²) in [6, 6.07) is 7.78. The number of benzene rings is 1. The van der Waals surface area contributed by atoms with Gasteiger partial charge in [0.1, 0.15) is 5.60 Å². The lowest BCUT2D eigenvalue weighted by molar-refractivity contribution is 0.00694. The molecule has 0 radical (unpaired) electrons. The maximum absolute atomic E-state index is 12.1. The van der Waals surface area contributed by atoms with Crippen LogP contribution in [-0.2, 0) is 11.3 Å². The molecule has 0 bridgehead atoms. The van der Waals surface area contributed by atoms with Crippen molar-refractivity contribution in [2.45, 2.75) is 71.1 Å². The van der Waals surface area contributed by atoms with Crippen LogP contribution >= 0.6 is 24.0 Å². The van der Waals surface area contributed by atoms with Gasteiger partial charge in [-0.2, -0.15) is 0 Å². The molecule has 1 saturated carbocycles. The molecule has 25 heavy (non-hydrogen) atoms. The van der Waals surface area contributed by atoms with E-state index in [-0.39, 0.29) is 29.9 Å². The number of nitrogens with one attached hydrogen (secondary N) is 1. The van der Waals surface area contributed by atoms with Gasteiger partial charge in [0.25, 0.3) is 0 Å². The lowest BCUT2D eigenvalue weighted by atomic mass is 9.96. The van der Waals surface area contributed by atoms with Crippen molar-refractivity contribution in [3.8, 4) is 0 Å². The molecule has 140 valence electrons. The van der Waals surface area contributed by atoms with Gasteiger partial charge in [0.05, 0.1) is 12.1 Å². The molecule has 5 nitrogen and oxygen atoms in total. The second-order valence-corrected chi connectivity index (χ2v) is 7.38. The zero-order valence-corrected chi connectivity index (χ0v) is 17.7. The van der Waals surface area contributed by atoms with Crippen molar-refractivity contribution in [1.82, 2.24) is 5.32 Å². The Morgan fingerprint density at radius 1 is 1.28 bits per heavy atom. The quantitative estimate of drug-likeness (QED) is 0.309. The first-order valence-corrected chi connectivity index (χ1v) is 8.72. The summed E-state index contributed by atoms with van der Waals surface area (Å²) in [6.07, 6.45) is 6.13. The molecular formula is C19H30IN3O2. The van der Waals surface area contributed by atoms with Gasteiger partial charge in [0.15, 0.2) is 5.96 Å². The predicted molar refractivity (Wildman–Crippen MR) is 112 cm³/mol. The average molecular weight is 459 g/mol. The maximum atomic E-state index is 12.1. The molecule has 1 aliphatic rings. The van der Waals surface area contributed by atoms with E-state index < -0.39 is 5.60 Å². The Morgan fingerprint density at radius 3 is 2.60 bits per heavy atom. The summed E-state index contributed by atoms with van der Waals surface area (Å²) in [7, 11) is 0. The van der Waals surface area contributed by atoms with Crippen LogP contribution < -0.4 is 11.1 Å². The van der Waals surface area contributed by atoms with Gasteiger partial charge in [-0.3, -0.25) is 0 Å². The second kappa shape index (κ2) is 9.99. The summed E-state index contributed by atoms with van der Waals surface area (Å²) >= 11 is 0. The molecule has 0 amide bonds. The standard InChI is InChI=1S/C19H29N3O2.HI/c1-19(2,3)24-17(23)15-9-7-8-14(12-15)13-21-18(20)22-16-10-5-4-6-11-16;/h7-9,12,16H,4-6,10-11,13H2,1-3H3,(H3,20,21,22);1H. The van der Waals surface area contributed by atoms with Crippen LogP contribution in [0.3, 0.4) is 0 Å². The maximum Gasteiger partial charge on any atom is 0.338 e. The SMILES string of the molecule is CC(C)(C)OC(=O)c1cccc(CN=C(N)NC2CCCCC2)c1.I. The molecule has 6 heteroatoms. The summed E-state index contributed by atoms with van der Waals surface area (Å²) in [5, 5.41) is 3.29. The highest BCUT2D eigenvalue weighted by atomic mass is 127. The lowest BCUT2D eigenvalue weighted by Crippen LogP contribution is -2.41. The molecule has 1 aliphatic carbocycles. The number of carbonyl (C=O) groups is 1. The Morgan fingerprint density at radius 2 is 1.96 bits per heavy atom. The molecule has 0 aliphatic heterocycles. The van der Waals surface area contributed by atoms with Crippen LogP contribution in [-0.4, -0.2) is 23.6 Å². The van der Waals surface area contributed by atoms with Crippen molar-refractivity contribution in [3.05, 3.63) is 35.4 Å². The fourth-order valence-corrected chi connectivity index (χ4v) is 2.81. The van der Waals surface area contributed by atoms with E-state index in [4.69, 9.17) is 10.5 Å². The van der Waals surface area contributed by atoms with E-state index in [9.17, 15) is 4.79 Å². The van der Waals surface area contributed by atoms with Crippen molar-refractivity contribution in [1.29, 1.82) is 0 Å². The normalized spacial score (nSPS) is 16.0. The van der Waals surface area contributed by atoms with Gasteiger partial charge in [-0.15, -0.1) is 24.0 Å².